The fourth-order valence-electron chi connectivity index (χ4n) is 3.50. The smallest absolute Gasteiger partial charge is 0.416 e. The van der Waals surface area contributed by atoms with Crippen LogP contribution in [0.2, 0.25) is 0 Å². The van der Waals surface area contributed by atoms with Crippen molar-refractivity contribution in [3.8, 4) is 11.3 Å². The molecule has 0 aliphatic heterocycles. The molecule has 3 N–H and O–H groups in total. The number of benzene rings is 2. The Morgan fingerprint density at radius 2 is 1.86 bits per heavy atom. The molecule has 0 atom stereocenters. The van der Waals surface area contributed by atoms with Gasteiger partial charge in [0, 0.05) is 29.9 Å². The molecule has 2 aromatic heterocycles. The number of carboxylic acid groups (broad SMARTS) is 1. The topological polar surface area (TPSA) is 108 Å². The molecule has 0 bridgehead atoms. The summed E-state index contributed by atoms with van der Waals surface area (Å²) in [4.78, 5) is 35.8. The van der Waals surface area contributed by atoms with E-state index in [-0.39, 0.29) is 5.56 Å². The summed E-state index contributed by atoms with van der Waals surface area (Å²) in [5.74, 6) is -1.08. The number of halogens is 3. The number of carbonyl (C=O) groups excluding carboxylic acids is 1. The predicted octanol–water partition coefficient (Wildman–Crippen LogP) is 5.56. The maximum Gasteiger partial charge on any atom is 0.416 e. The molecular formula is C25H19F3N4O3. The first-order valence-electron chi connectivity index (χ1n) is 10.5. The molecule has 2 aromatic carbocycles. The average Bonchev–Trinajstić information content (AvgIpc) is 3.26. The van der Waals surface area contributed by atoms with E-state index >= 15 is 0 Å². The van der Waals surface area contributed by atoms with Gasteiger partial charge in [-0.25, -0.2) is 14.8 Å². The normalized spacial score (nSPS) is 11.8. The summed E-state index contributed by atoms with van der Waals surface area (Å²) in [5.41, 5.74) is 1.53. The zero-order valence-corrected chi connectivity index (χ0v) is 18.3. The van der Waals surface area contributed by atoms with Crippen LogP contribution in [0.15, 0.2) is 60.8 Å². The number of aromatic nitrogens is 3. The molecular weight excluding hydrogens is 461 g/mol. The van der Waals surface area contributed by atoms with Crippen LogP contribution in [0.1, 0.15) is 34.2 Å². The molecule has 2 heterocycles. The maximum absolute atomic E-state index is 12.7. The molecule has 0 aliphatic rings. The van der Waals surface area contributed by atoms with Gasteiger partial charge in [-0.3, -0.25) is 4.79 Å². The summed E-state index contributed by atoms with van der Waals surface area (Å²) < 4.78 is 38.0. The molecule has 4 aromatic rings. The molecule has 0 aliphatic carbocycles. The van der Waals surface area contributed by atoms with Crippen LogP contribution >= 0.6 is 0 Å². The summed E-state index contributed by atoms with van der Waals surface area (Å²) in [6.45, 7) is 1.88. The largest absolute Gasteiger partial charge is 0.478 e. The highest BCUT2D eigenvalue weighted by Gasteiger charge is 2.29. The number of aromatic carboxylic acids is 1. The third-order valence-electron chi connectivity index (χ3n) is 5.19. The Balaban J connectivity index is 1.59. The van der Waals surface area contributed by atoms with Gasteiger partial charge in [0.15, 0.2) is 0 Å². The number of hydrogen-bond acceptors (Lipinski definition) is 4. The van der Waals surface area contributed by atoms with Crippen molar-refractivity contribution in [3.63, 3.8) is 0 Å². The van der Waals surface area contributed by atoms with Crippen LogP contribution in [0, 0.1) is 0 Å². The van der Waals surface area contributed by atoms with Crippen LogP contribution in [0.25, 0.3) is 28.4 Å². The van der Waals surface area contributed by atoms with Gasteiger partial charge in [-0.15, -0.1) is 0 Å². The second-order valence-corrected chi connectivity index (χ2v) is 7.60. The quantitative estimate of drug-likeness (QED) is 0.313. The van der Waals surface area contributed by atoms with Crippen LogP contribution < -0.4 is 5.32 Å². The number of hydrogen-bond donors (Lipinski definition) is 3. The van der Waals surface area contributed by atoms with Crippen LogP contribution in [0.5, 0.6) is 0 Å². The third-order valence-corrected chi connectivity index (χ3v) is 5.19. The highest BCUT2D eigenvalue weighted by molar-refractivity contribution is 6.08. The van der Waals surface area contributed by atoms with Gasteiger partial charge >= 0.3 is 12.1 Å². The Morgan fingerprint density at radius 1 is 1.11 bits per heavy atom. The summed E-state index contributed by atoms with van der Waals surface area (Å²) in [5, 5.41) is 12.6. The Labute approximate surface area is 197 Å². The third kappa shape index (κ3) is 5.21. The zero-order chi connectivity index (χ0) is 25.2. The lowest BCUT2D eigenvalue weighted by atomic mass is 10.1. The lowest BCUT2D eigenvalue weighted by Gasteiger charge is -2.09. The van der Waals surface area contributed by atoms with Crippen molar-refractivity contribution in [3.05, 3.63) is 83.3 Å². The molecule has 0 radical (unpaired) electrons. The van der Waals surface area contributed by atoms with Gasteiger partial charge in [-0.2, -0.15) is 13.2 Å². The first-order chi connectivity index (χ1) is 16.7. The van der Waals surface area contributed by atoms with Crippen molar-refractivity contribution in [2.45, 2.75) is 19.5 Å². The average molecular weight is 480 g/mol. The van der Waals surface area contributed by atoms with Crippen LogP contribution in [-0.4, -0.2) is 31.9 Å². The molecule has 35 heavy (non-hydrogen) atoms. The summed E-state index contributed by atoms with van der Waals surface area (Å²) in [6.07, 6.45) is 0.0863. The number of aryl methyl sites for hydroxylation is 1. The van der Waals surface area contributed by atoms with E-state index in [1.165, 1.54) is 30.5 Å². The van der Waals surface area contributed by atoms with E-state index in [1.54, 1.807) is 24.3 Å². The molecule has 1 amide bonds. The van der Waals surface area contributed by atoms with Gasteiger partial charge in [0.1, 0.15) is 11.5 Å². The number of nitrogens with zero attached hydrogens (tertiary/aromatic N) is 2. The molecule has 0 fully saturated rings. The van der Waals surface area contributed by atoms with Crippen molar-refractivity contribution in [2.75, 3.05) is 5.32 Å². The summed E-state index contributed by atoms with van der Waals surface area (Å²) >= 11 is 0. The molecule has 7 nitrogen and oxygen atoms in total. The van der Waals surface area contributed by atoms with Crippen molar-refractivity contribution in [1.29, 1.82) is 0 Å². The van der Waals surface area contributed by atoms with Gasteiger partial charge in [-0.1, -0.05) is 31.2 Å². The minimum absolute atomic E-state index is 0.0339. The number of nitrogens with one attached hydrogen (secondary N) is 2. The number of carbonyl (C=O) groups is 2. The van der Waals surface area contributed by atoms with Crippen LogP contribution in [0.3, 0.4) is 0 Å². The van der Waals surface area contributed by atoms with Crippen molar-refractivity contribution >= 4 is 34.7 Å². The molecule has 0 saturated heterocycles. The van der Waals surface area contributed by atoms with Crippen molar-refractivity contribution in [2.24, 2.45) is 0 Å². The van der Waals surface area contributed by atoms with Gasteiger partial charge in [0.05, 0.1) is 22.2 Å². The number of fused-ring (bicyclic) bond motifs is 1. The van der Waals surface area contributed by atoms with E-state index < -0.39 is 23.6 Å². The van der Waals surface area contributed by atoms with E-state index in [2.05, 4.69) is 20.3 Å². The fraction of sp³-hybridized carbons (Fsp3) is 0.120. The second kappa shape index (κ2) is 9.41. The standard InChI is InChI=1S/C25H19F3N4O3/c1-2-19-31-22(21-18(24(34)35)13-29-23(21)32-19)15-4-3-5-17(12-15)30-20(33)11-8-14-6-9-16(10-7-14)25(26,27)28/h3-13H,2H2,1H3,(H,30,33)(H,34,35)(H,29,31,32)/b11-8+. The van der Waals surface area contributed by atoms with Crippen molar-refractivity contribution in [1.82, 2.24) is 15.0 Å². The SMILES string of the molecule is CCc1nc(-c2cccc(NC(=O)/C=C/c3ccc(C(F)(F)F)cc3)c2)c2c(C(=O)O)c[nH]c2n1. The maximum atomic E-state index is 12.7. The van der Waals surface area contributed by atoms with E-state index in [1.807, 2.05) is 6.92 Å². The zero-order valence-electron chi connectivity index (χ0n) is 18.3. The summed E-state index contributed by atoms with van der Waals surface area (Å²) in [6, 6.07) is 11.2. The molecule has 10 heteroatoms. The van der Waals surface area contributed by atoms with E-state index in [0.29, 0.717) is 45.8 Å². The number of amides is 1. The van der Waals surface area contributed by atoms with Crippen LogP contribution in [-0.2, 0) is 17.4 Å². The van der Waals surface area contributed by atoms with E-state index in [0.717, 1.165) is 12.1 Å². The molecule has 0 saturated carbocycles. The number of alkyl halides is 3. The Morgan fingerprint density at radius 3 is 2.51 bits per heavy atom. The Hall–Kier alpha value is -4.47. The monoisotopic (exact) mass is 480 g/mol. The highest BCUT2D eigenvalue weighted by atomic mass is 19.4. The number of rotatable bonds is 6. The molecule has 4 rings (SSSR count). The molecule has 0 unspecified atom stereocenters. The first kappa shape index (κ1) is 23.7. The highest BCUT2D eigenvalue weighted by Crippen LogP contribution is 2.31. The number of aromatic amines is 1. The first-order valence-corrected chi connectivity index (χ1v) is 10.5. The number of carboxylic acids is 1. The molecule has 0 spiro atoms. The van der Waals surface area contributed by atoms with E-state index in [4.69, 9.17) is 0 Å². The van der Waals surface area contributed by atoms with Gasteiger partial charge in [-0.05, 0) is 35.9 Å². The lowest BCUT2D eigenvalue weighted by Crippen LogP contribution is -2.08. The fourth-order valence-corrected chi connectivity index (χ4v) is 3.50. The lowest BCUT2D eigenvalue weighted by molar-refractivity contribution is -0.137. The summed E-state index contributed by atoms with van der Waals surface area (Å²) in [7, 11) is 0. The number of H-pyrrole nitrogens is 1. The number of anilines is 1. The Kier molecular flexibility index (Phi) is 6.37. The van der Waals surface area contributed by atoms with E-state index in [9.17, 15) is 27.9 Å². The van der Waals surface area contributed by atoms with Crippen LogP contribution in [0.4, 0.5) is 18.9 Å². The Bertz CT molecular complexity index is 1440. The van der Waals surface area contributed by atoms with Crippen molar-refractivity contribution < 1.29 is 27.9 Å². The minimum Gasteiger partial charge on any atom is -0.478 e. The van der Waals surface area contributed by atoms with Gasteiger partial charge in [0.2, 0.25) is 5.91 Å². The predicted molar refractivity (Wildman–Crippen MR) is 125 cm³/mol. The van der Waals surface area contributed by atoms with Gasteiger partial charge in [0.25, 0.3) is 0 Å². The van der Waals surface area contributed by atoms with Gasteiger partial charge < -0.3 is 15.4 Å². The minimum atomic E-state index is -4.43. The second-order valence-electron chi connectivity index (χ2n) is 7.60. The molecule has 178 valence electrons.